The van der Waals surface area contributed by atoms with Gasteiger partial charge in [0, 0.05) is 11.8 Å². The Labute approximate surface area is 150 Å². The highest BCUT2D eigenvalue weighted by Crippen LogP contribution is 2.47. The molecule has 0 radical (unpaired) electrons. The number of nitrogens with zero attached hydrogens (tertiary/aromatic N) is 1. The van der Waals surface area contributed by atoms with E-state index in [1.165, 1.54) is 0 Å². The smallest absolute Gasteiger partial charge is 0.218 e. The number of rotatable bonds is 7. The lowest BCUT2D eigenvalue weighted by molar-refractivity contribution is -0.119. The van der Waals surface area contributed by atoms with Gasteiger partial charge in [-0.15, -0.1) is 0 Å². The first-order valence-corrected chi connectivity index (χ1v) is 8.63. The molecule has 1 heterocycles. The quantitative estimate of drug-likeness (QED) is 0.816. The van der Waals surface area contributed by atoms with Crippen LogP contribution < -0.4 is 19.9 Å². The number of primary amides is 1. The fraction of sp³-hybridized carbons (Fsp3) is 0.632. The molecular formula is C19H30N2O4. The van der Waals surface area contributed by atoms with Gasteiger partial charge < -0.3 is 24.8 Å². The Morgan fingerprint density at radius 1 is 1.16 bits per heavy atom. The summed E-state index contributed by atoms with van der Waals surface area (Å²) in [6.07, 6.45) is 2.34. The summed E-state index contributed by atoms with van der Waals surface area (Å²) in [5, 5.41) is 0. The van der Waals surface area contributed by atoms with E-state index in [0.717, 1.165) is 31.5 Å². The fourth-order valence-corrected chi connectivity index (χ4v) is 3.90. The van der Waals surface area contributed by atoms with Crippen LogP contribution in [0.5, 0.6) is 17.2 Å². The summed E-state index contributed by atoms with van der Waals surface area (Å²) in [5.74, 6) is 1.81. The summed E-state index contributed by atoms with van der Waals surface area (Å²) < 4.78 is 16.4. The molecule has 1 aliphatic rings. The largest absolute Gasteiger partial charge is 0.493 e. The van der Waals surface area contributed by atoms with Gasteiger partial charge in [-0.3, -0.25) is 4.79 Å². The predicted octanol–water partition coefficient (Wildman–Crippen LogP) is 2.19. The van der Waals surface area contributed by atoms with Crippen LogP contribution in [0.1, 0.15) is 31.7 Å². The van der Waals surface area contributed by atoms with E-state index in [2.05, 4.69) is 18.9 Å². The zero-order valence-electron chi connectivity index (χ0n) is 15.9. The standard InChI is InChI=1S/C19H30N2O4/c1-19(12-17(20)22,13-6-8-21(2)9-7-13)14-10-15(23-3)18(25-5)16(11-14)24-4/h10-11,13H,6-9,12H2,1-5H3,(H2,20,22). The van der Waals surface area contributed by atoms with Crippen molar-refractivity contribution in [1.82, 2.24) is 4.90 Å². The molecule has 1 fully saturated rings. The van der Waals surface area contributed by atoms with Crippen LogP contribution in [-0.4, -0.2) is 52.3 Å². The van der Waals surface area contributed by atoms with E-state index in [9.17, 15) is 4.79 Å². The molecule has 1 aliphatic heterocycles. The lowest BCUT2D eigenvalue weighted by Crippen LogP contribution is -2.42. The van der Waals surface area contributed by atoms with Crippen molar-refractivity contribution in [2.24, 2.45) is 11.7 Å². The average molecular weight is 350 g/mol. The van der Waals surface area contributed by atoms with Gasteiger partial charge >= 0.3 is 0 Å². The van der Waals surface area contributed by atoms with E-state index in [4.69, 9.17) is 19.9 Å². The molecule has 1 unspecified atom stereocenters. The van der Waals surface area contributed by atoms with E-state index in [1.54, 1.807) is 21.3 Å². The first-order chi connectivity index (χ1) is 11.8. The van der Waals surface area contributed by atoms with Crippen molar-refractivity contribution in [3.8, 4) is 17.2 Å². The number of ether oxygens (including phenoxy) is 3. The Morgan fingerprint density at radius 2 is 1.68 bits per heavy atom. The van der Waals surface area contributed by atoms with Gasteiger partial charge in [-0.05, 0) is 56.6 Å². The minimum atomic E-state index is -0.375. The van der Waals surface area contributed by atoms with Gasteiger partial charge in [0.2, 0.25) is 11.7 Å². The van der Waals surface area contributed by atoms with Gasteiger partial charge in [0.15, 0.2) is 11.5 Å². The summed E-state index contributed by atoms with van der Waals surface area (Å²) in [6, 6.07) is 3.89. The fourth-order valence-electron chi connectivity index (χ4n) is 3.90. The van der Waals surface area contributed by atoms with Crippen molar-refractivity contribution in [3.05, 3.63) is 17.7 Å². The van der Waals surface area contributed by atoms with Crippen molar-refractivity contribution in [3.63, 3.8) is 0 Å². The lowest BCUT2D eigenvalue weighted by Gasteiger charge is -2.42. The van der Waals surface area contributed by atoms with Crippen LogP contribution in [0.25, 0.3) is 0 Å². The number of likely N-dealkylation sites (tertiary alicyclic amines) is 1. The molecule has 0 aliphatic carbocycles. The normalized spacial score (nSPS) is 18.4. The Kier molecular flexibility index (Phi) is 6.16. The van der Waals surface area contributed by atoms with Crippen LogP contribution in [0.4, 0.5) is 0 Å². The molecule has 1 atom stereocenters. The van der Waals surface area contributed by atoms with Gasteiger partial charge in [-0.1, -0.05) is 6.92 Å². The van der Waals surface area contributed by atoms with Crippen LogP contribution in [-0.2, 0) is 10.2 Å². The van der Waals surface area contributed by atoms with E-state index in [-0.39, 0.29) is 11.3 Å². The van der Waals surface area contributed by atoms with Crippen LogP contribution in [0.15, 0.2) is 12.1 Å². The number of benzene rings is 1. The van der Waals surface area contributed by atoms with E-state index in [0.29, 0.717) is 29.6 Å². The van der Waals surface area contributed by atoms with E-state index >= 15 is 0 Å². The molecule has 0 spiro atoms. The second kappa shape index (κ2) is 7.95. The molecule has 1 saturated heterocycles. The zero-order valence-corrected chi connectivity index (χ0v) is 15.9. The van der Waals surface area contributed by atoms with Gasteiger partial charge in [-0.25, -0.2) is 0 Å². The van der Waals surface area contributed by atoms with Gasteiger partial charge in [0.25, 0.3) is 0 Å². The third kappa shape index (κ3) is 4.00. The highest BCUT2D eigenvalue weighted by molar-refractivity contribution is 5.76. The van der Waals surface area contributed by atoms with Crippen LogP contribution in [0.3, 0.4) is 0 Å². The summed E-state index contributed by atoms with van der Waals surface area (Å²) in [4.78, 5) is 14.2. The average Bonchev–Trinajstić information content (AvgIpc) is 2.60. The summed E-state index contributed by atoms with van der Waals surface area (Å²) >= 11 is 0. The van der Waals surface area contributed by atoms with Crippen molar-refractivity contribution in [2.75, 3.05) is 41.5 Å². The molecule has 1 aromatic carbocycles. The number of piperidine rings is 1. The maximum Gasteiger partial charge on any atom is 0.218 e. The summed E-state index contributed by atoms with van der Waals surface area (Å²) in [6.45, 7) is 4.15. The molecule has 1 aromatic rings. The monoisotopic (exact) mass is 350 g/mol. The Hall–Kier alpha value is -1.95. The number of hydrogen-bond donors (Lipinski definition) is 1. The topological polar surface area (TPSA) is 74.0 Å². The van der Waals surface area contributed by atoms with Gasteiger partial charge in [-0.2, -0.15) is 0 Å². The number of carbonyl (C=O) groups is 1. The highest BCUT2D eigenvalue weighted by atomic mass is 16.5. The minimum absolute atomic E-state index is 0.292. The number of carbonyl (C=O) groups excluding carboxylic acids is 1. The number of hydrogen-bond acceptors (Lipinski definition) is 5. The second-order valence-electron chi connectivity index (χ2n) is 7.05. The van der Waals surface area contributed by atoms with Crippen molar-refractivity contribution >= 4 is 5.91 Å². The Balaban J connectivity index is 2.52. The highest BCUT2D eigenvalue weighted by Gasteiger charge is 2.39. The summed E-state index contributed by atoms with van der Waals surface area (Å²) in [5.41, 5.74) is 6.23. The van der Waals surface area contributed by atoms with Crippen LogP contribution in [0.2, 0.25) is 0 Å². The van der Waals surface area contributed by atoms with Crippen molar-refractivity contribution in [1.29, 1.82) is 0 Å². The molecule has 6 heteroatoms. The second-order valence-corrected chi connectivity index (χ2v) is 7.05. The third-order valence-electron chi connectivity index (χ3n) is 5.49. The predicted molar refractivity (Wildman–Crippen MR) is 97.5 cm³/mol. The maximum absolute atomic E-state index is 11.9. The molecule has 2 N–H and O–H groups in total. The molecule has 6 nitrogen and oxygen atoms in total. The lowest BCUT2D eigenvalue weighted by atomic mass is 9.66. The minimum Gasteiger partial charge on any atom is -0.493 e. The number of nitrogens with two attached hydrogens (primary N) is 1. The molecule has 2 rings (SSSR count). The van der Waals surface area contributed by atoms with Gasteiger partial charge in [0.1, 0.15) is 0 Å². The van der Waals surface area contributed by atoms with E-state index < -0.39 is 0 Å². The van der Waals surface area contributed by atoms with E-state index in [1.807, 2.05) is 12.1 Å². The van der Waals surface area contributed by atoms with Crippen molar-refractivity contribution in [2.45, 2.75) is 31.6 Å². The molecule has 0 bridgehead atoms. The number of methoxy groups -OCH3 is 3. The van der Waals surface area contributed by atoms with Crippen molar-refractivity contribution < 1.29 is 19.0 Å². The zero-order chi connectivity index (χ0) is 18.6. The summed E-state index contributed by atoms with van der Waals surface area (Å²) in [7, 11) is 6.91. The van der Waals surface area contributed by atoms with Gasteiger partial charge in [0.05, 0.1) is 21.3 Å². The molecule has 0 saturated carbocycles. The molecule has 140 valence electrons. The first kappa shape index (κ1) is 19.4. The Morgan fingerprint density at radius 3 is 2.08 bits per heavy atom. The maximum atomic E-state index is 11.9. The molecule has 1 amide bonds. The van der Waals surface area contributed by atoms with Crippen LogP contribution >= 0.6 is 0 Å². The van der Waals surface area contributed by atoms with Crippen LogP contribution in [0, 0.1) is 5.92 Å². The SMILES string of the molecule is COc1cc(C(C)(CC(N)=O)C2CCN(C)CC2)cc(OC)c1OC. The first-order valence-electron chi connectivity index (χ1n) is 8.63. The molecule has 25 heavy (non-hydrogen) atoms. The number of amides is 1. The third-order valence-corrected chi connectivity index (χ3v) is 5.49. The molecular weight excluding hydrogens is 320 g/mol. The Bertz CT molecular complexity index is 586. The molecule has 0 aromatic heterocycles.